The molecule has 11 heteroatoms. The highest BCUT2D eigenvalue weighted by atomic mass is 16.6. The van der Waals surface area contributed by atoms with Crippen LogP contribution in [0.2, 0.25) is 0 Å². The van der Waals surface area contributed by atoms with Crippen molar-refractivity contribution in [1.82, 2.24) is 19.8 Å². The van der Waals surface area contributed by atoms with Gasteiger partial charge in [0, 0.05) is 58.7 Å². The molecule has 7 rings (SSSR count). The number of nitrogens with zero attached hydrogens (tertiary/aromatic N) is 4. The number of fused-ring (bicyclic) bond motifs is 3. The van der Waals surface area contributed by atoms with Gasteiger partial charge in [0.1, 0.15) is 28.5 Å². The fourth-order valence-corrected chi connectivity index (χ4v) is 8.29. The number of hydrogen-bond donors (Lipinski definition) is 1. The molecule has 0 saturated carbocycles. The van der Waals surface area contributed by atoms with Crippen molar-refractivity contribution < 1.29 is 28.5 Å². The molecule has 1 aromatic heterocycles. The van der Waals surface area contributed by atoms with Gasteiger partial charge >= 0.3 is 12.2 Å². The molecule has 306 valence electrons. The van der Waals surface area contributed by atoms with E-state index in [0.29, 0.717) is 32.7 Å². The van der Waals surface area contributed by atoms with E-state index in [9.17, 15) is 9.59 Å². The Hall–Kier alpha value is -4.80. The van der Waals surface area contributed by atoms with E-state index >= 15 is 0 Å². The zero-order valence-corrected chi connectivity index (χ0v) is 35.6. The van der Waals surface area contributed by atoms with Crippen LogP contribution >= 0.6 is 0 Å². The Morgan fingerprint density at radius 2 is 1.35 bits per heavy atom. The molecule has 2 fully saturated rings. The summed E-state index contributed by atoms with van der Waals surface area (Å²) < 4.78 is 24.9. The Labute approximate surface area is 338 Å². The number of likely N-dealkylation sites (tertiary alicyclic amines) is 2. The third-order valence-corrected chi connectivity index (χ3v) is 11.0. The number of H-pyrrole nitrogens is 1. The van der Waals surface area contributed by atoms with Crippen LogP contribution in [0.1, 0.15) is 131 Å². The number of aliphatic imine (C=N–C) groups is 1. The maximum atomic E-state index is 13.2. The van der Waals surface area contributed by atoms with Crippen LogP contribution in [0.3, 0.4) is 0 Å². The van der Waals surface area contributed by atoms with Crippen LogP contribution in [-0.2, 0) is 15.9 Å². The third kappa shape index (κ3) is 8.72. The standard InChI is InChI=1S/C46H61N5O6/c1-11-33-32(25-35(47-33)36-15-13-21-50(36)42(52)56-44(3,4)5)28-17-19-30-31-20-18-29(24-39(31)55-27-46(9,10)26-54-38(30)23-28)40-34(12-2)48-41(49-40)37-16-14-22-51(37)43(53)57-45(6,7)8/h17-20,23-24,36-37H,11-16,21-22,25-27H2,1-10H3,(H,48,49)/t36-,37-/m0/s1. The topological polar surface area (TPSA) is 119 Å². The summed E-state index contributed by atoms with van der Waals surface area (Å²) in [5.41, 5.74) is 7.68. The third-order valence-electron chi connectivity index (χ3n) is 11.0. The van der Waals surface area contributed by atoms with Gasteiger partial charge in [-0.1, -0.05) is 39.8 Å². The van der Waals surface area contributed by atoms with E-state index in [0.717, 1.165) is 101 Å². The van der Waals surface area contributed by atoms with Crippen molar-refractivity contribution in [2.45, 2.75) is 137 Å². The van der Waals surface area contributed by atoms with E-state index in [4.69, 9.17) is 28.9 Å². The number of allylic oxidation sites excluding steroid dienone is 2. The number of carbonyl (C=O) groups excluding carboxylic acids is 2. The maximum Gasteiger partial charge on any atom is 0.410 e. The van der Waals surface area contributed by atoms with Gasteiger partial charge < -0.3 is 23.9 Å². The Bertz CT molecular complexity index is 2080. The lowest BCUT2D eigenvalue weighted by Crippen LogP contribution is -2.43. The van der Waals surface area contributed by atoms with Crippen LogP contribution in [0.25, 0.3) is 28.0 Å². The van der Waals surface area contributed by atoms with Crippen molar-refractivity contribution in [3.63, 3.8) is 0 Å². The number of aromatic amines is 1. The normalized spacial score (nSPS) is 20.8. The van der Waals surface area contributed by atoms with Crippen molar-refractivity contribution in [2.75, 3.05) is 26.3 Å². The highest BCUT2D eigenvalue weighted by Gasteiger charge is 2.38. The summed E-state index contributed by atoms with van der Waals surface area (Å²) in [6.07, 6.45) is 5.19. The molecule has 2 aromatic carbocycles. The van der Waals surface area contributed by atoms with E-state index in [-0.39, 0.29) is 29.7 Å². The molecule has 4 aliphatic heterocycles. The van der Waals surface area contributed by atoms with Gasteiger partial charge in [-0.3, -0.25) is 14.8 Å². The zero-order valence-electron chi connectivity index (χ0n) is 35.6. The summed E-state index contributed by atoms with van der Waals surface area (Å²) in [6.45, 7) is 22.2. The van der Waals surface area contributed by atoms with Gasteiger partial charge in [-0.25, -0.2) is 14.6 Å². The fourth-order valence-electron chi connectivity index (χ4n) is 8.29. The molecule has 11 nitrogen and oxygen atoms in total. The summed E-state index contributed by atoms with van der Waals surface area (Å²) >= 11 is 0. The molecule has 1 N–H and O–H groups in total. The van der Waals surface area contributed by atoms with Crippen LogP contribution in [-0.4, -0.2) is 81.2 Å². The van der Waals surface area contributed by atoms with Gasteiger partial charge in [0.2, 0.25) is 0 Å². The number of amides is 2. The van der Waals surface area contributed by atoms with Crippen molar-refractivity contribution in [3.8, 4) is 33.9 Å². The first kappa shape index (κ1) is 40.4. The average Bonchev–Trinajstić information content (AvgIpc) is 3.96. The molecule has 0 spiro atoms. The highest BCUT2D eigenvalue weighted by Crippen LogP contribution is 2.45. The van der Waals surface area contributed by atoms with Crippen molar-refractivity contribution in [2.24, 2.45) is 10.4 Å². The molecule has 3 aromatic rings. The second kappa shape index (κ2) is 15.5. The number of nitrogens with one attached hydrogen (secondary N) is 1. The largest absolute Gasteiger partial charge is 0.492 e. The SMILES string of the molecule is CCC1=C(c2ccc3c(c2)OCC(C)(C)COc2cc(-c4nc([C@@H]5CCCN5C(=O)OC(C)(C)C)[nH]c4CC)ccc2-3)CC([C@@H]2CCCN2C(=O)OC(C)(C)C)=N1. The molecule has 2 amide bonds. The zero-order chi connectivity index (χ0) is 40.9. The molecule has 57 heavy (non-hydrogen) atoms. The van der Waals surface area contributed by atoms with E-state index in [2.05, 4.69) is 69.1 Å². The van der Waals surface area contributed by atoms with Crippen LogP contribution in [0.5, 0.6) is 11.5 Å². The number of hydrogen-bond acceptors (Lipinski definition) is 8. The van der Waals surface area contributed by atoms with Gasteiger partial charge in [-0.15, -0.1) is 0 Å². The Balaban J connectivity index is 1.19. The van der Waals surface area contributed by atoms with E-state index < -0.39 is 11.2 Å². The van der Waals surface area contributed by atoms with Crippen LogP contribution in [0.15, 0.2) is 47.1 Å². The number of benzene rings is 2. The van der Waals surface area contributed by atoms with Crippen LogP contribution in [0.4, 0.5) is 9.59 Å². The molecular weight excluding hydrogens is 719 g/mol. The predicted octanol–water partition coefficient (Wildman–Crippen LogP) is 10.5. The summed E-state index contributed by atoms with van der Waals surface area (Å²) in [4.78, 5) is 43.9. The van der Waals surface area contributed by atoms with Crippen LogP contribution < -0.4 is 9.47 Å². The van der Waals surface area contributed by atoms with Gasteiger partial charge in [0.15, 0.2) is 0 Å². The van der Waals surface area contributed by atoms with Gasteiger partial charge in [-0.2, -0.15) is 0 Å². The van der Waals surface area contributed by atoms with Crippen molar-refractivity contribution in [1.29, 1.82) is 0 Å². The maximum absolute atomic E-state index is 13.2. The van der Waals surface area contributed by atoms with Gasteiger partial charge in [0.05, 0.1) is 31.0 Å². The van der Waals surface area contributed by atoms with Crippen LogP contribution in [0, 0.1) is 5.41 Å². The molecule has 0 bridgehead atoms. The van der Waals surface area contributed by atoms with E-state index in [1.807, 2.05) is 46.4 Å². The molecule has 0 radical (unpaired) electrons. The summed E-state index contributed by atoms with van der Waals surface area (Å²) in [5, 5.41) is 0. The van der Waals surface area contributed by atoms with E-state index in [1.165, 1.54) is 5.57 Å². The molecule has 2 atom stereocenters. The van der Waals surface area contributed by atoms with Gasteiger partial charge in [0.25, 0.3) is 0 Å². The number of aromatic nitrogens is 2. The minimum atomic E-state index is -0.571. The lowest BCUT2D eigenvalue weighted by molar-refractivity contribution is 0.0216. The minimum Gasteiger partial charge on any atom is -0.492 e. The minimum absolute atomic E-state index is 0.0667. The number of imidazole rings is 1. The Morgan fingerprint density at radius 1 is 0.807 bits per heavy atom. The monoisotopic (exact) mass is 779 g/mol. The molecule has 0 unspecified atom stereocenters. The highest BCUT2D eigenvalue weighted by molar-refractivity contribution is 6.04. The second-order valence-corrected chi connectivity index (χ2v) is 18.7. The lowest BCUT2D eigenvalue weighted by Gasteiger charge is -2.28. The molecular formula is C46H61N5O6. The first-order chi connectivity index (χ1) is 26.9. The fraction of sp³-hybridized carbons (Fsp3) is 0.565. The first-order valence-electron chi connectivity index (χ1n) is 20.9. The smallest absolute Gasteiger partial charge is 0.410 e. The Morgan fingerprint density at radius 3 is 1.91 bits per heavy atom. The van der Waals surface area contributed by atoms with Crippen molar-refractivity contribution in [3.05, 3.63) is 59.2 Å². The van der Waals surface area contributed by atoms with Crippen molar-refractivity contribution >= 4 is 23.5 Å². The van der Waals surface area contributed by atoms with E-state index in [1.54, 1.807) is 4.90 Å². The molecule has 4 aliphatic rings. The number of carbonyl (C=O) groups is 2. The first-order valence-corrected chi connectivity index (χ1v) is 20.9. The quantitative estimate of drug-likeness (QED) is 0.265. The number of ether oxygens (including phenoxy) is 4. The van der Waals surface area contributed by atoms with Gasteiger partial charge in [-0.05, 0) is 115 Å². The second-order valence-electron chi connectivity index (χ2n) is 18.7. The Kier molecular flexibility index (Phi) is 11.0. The molecule has 5 heterocycles. The average molecular weight is 780 g/mol. The summed E-state index contributed by atoms with van der Waals surface area (Å²) in [7, 11) is 0. The number of rotatable bonds is 6. The molecule has 0 aliphatic carbocycles. The summed E-state index contributed by atoms with van der Waals surface area (Å²) in [5.74, 6) is 2.35. The molecule has 2 saturated heterocycles. The number of aryl methyl sites for hydroxylation is 1. The lowest BCUT2D eigenvalue weighted by atomic mass is 9.93. The summed E-state index contributed by atoms with van der Waals surface area (Å²) in [6, 6.07) is 12.5. The predicted molar refractivity (Wildman–Crippen MR) is 224 cm³/mol.